The number of aromatic amines is 1. The zero-order valence-corrected chi connectivity index (χ0v) is 6.02. The van der Waals surface area contributed by atoms with Crippen molar-refractivity contribution in [1.29, 1.82) is 0 Å². The second kappa shape index (κ2) is 2.09. The number of hydrogen-bond donors (Lipinski definition) is 2. The summed E-state index contributed by atoms with van der Waals surface area (Å²) in [5, 5.41) is 10.2. The van der Waals surface area contributed by atoms with Gasteiger partial charge in [-0.3, -0.25) is 5.10 Å². The fourth-order valence-electron chi connectivity index (χ4n) is 1.55. The van der Waals surface area contributed by atoms with Crippen molar-refractivity contribution >= 4 is 0 Å². The average molecular weight is 137 g/mol. The molecular weight excluding hydrogens is 126 g/mol. The van der Waals surface area contributed by atoms with Crippen molar-refractivity contribution in [1.82, 2.24) is 15.5 Å². The molecular formula is C7H11N3. The van der Waals surface area contributed by atoms with Gasteiger partial charge in [-0.15, -0.1) is 0 Å². The molecule has 0 spiro atoms. The van der Waals surface area contributed by atoms with Gasteiger partial charge in [0.25, 0.3) is 0 Å². The van der Waals surface area contributed by atoms with Crippen molar-refractivity contribution in [2.45, 2.75) is 18.9 Å². The fraction of sp³-hybridized carbons (Fsp3) is 0.571. The van der Waals surface area contributed by atoms with E-state index in [-0.39, 0.29) is 0 Å². The van der Waals surface area contributed by atoms with Gasteiger partial charge in [-0.05, 0) is 25.5 Å². The van der Waals surface area contributed by atoms with Gasteiger partial charge in [0.1, 0.15) is 0 Å². The number of aromatic nitrogens is 2. The normalized spacial score (nSPS) is 23.1. The van der Waals surface area contributed by atoms with Crippen molar-refractivity contribution in [2.24, 2.45) is 0 Å². The van der Waals surface area contributed by atoms with Crippen molar-refractivity contribution < 1.29 is 0 Å². The Bertz CT molecular complexity index is 229. The first kappa shape index (κ1) is 5.92. The third-order valence-corrected chi connectivity index (χ3v) is 2.15. The minimum atomic E-state index is 0.512. The minimum Gasteiger partial charge on any atom is -0.312 e. The van der Waals surface area contributed by atoms with Crippen molar-refractivity contribution in [3.8, 4) is 0 Å². The Kier molecular flexibility index (Phi) is 1.24. The van der Waals surface area contributed by atoms with Gasteiger partial charge >= 0.3 is 0 Å². The van der Waals surface area contributed by atoms with Crippen LogP contribution in [0.25, 0.3) is 0 Å². The van der Waals surface area contributed by atoms with E-state index >= 15 is 0 Å². The highest BCUT2D eigenvalue weighted by molar-refractivity contribution is 5.25. The molecule has 0 amide bonds. The summed E-state index contributed by atoms with van der Waals surface area (Å²) >= 11 is 0. The standard InChI is InChI=1S/C7H11N3/c1-8-6-3-2-5-4-9-10-7(5)6/h4,6,8H,2-3H2,1H3,(H,9,10). The lowest BCUT2D eigenvalue weighted by molar-refractivity contribution is 0.572. The van der Waals surface area contributed by atoms with Crippen LogP contribution in [-0.4, -0.2) is 17.2 Å². The Labute approximate surface area is 59.8 Å². The van der Waals surface area contributed by atoms with E-state index in [4.69, 9.17) is 0 Å². The van der Waals surface area contributed by atoms with Crippen LogP contribution < -0.4 is 5.32 Å². The molecule has 0 fully saturated rings. The Morgan fingerprint density at radius 3 is 3.50 bits per heavy atom. The Hall–Kier alpha value is -0.830. The number of nitrogens with one attached hydrogen (secondary N) is 2. The number of nitrogens with zero attached hydrogens (tertiary/aromatic N) is 1. The van der Waals surface area contributed by atoms with Gasteiger partial charge in [0.15, 0.2) is 0 Å². The van der Waals surface area contributed by atoms with Crippen molar-refractivity contribution in [3.05, 3.63) is 17.5 Å². The topological polar surface area (TPSA) is 40.7 Å². The van der Waals surface area contributed by atoms with Gasteiger partial charge in [-0.25, -0.2) is 0 Å². The smallest absolute Gasteiger partial charge is 0.0553 e. The molecule has 1 unspecified atom stereocenters. The Balaban J connectivity index is 2.34. The van der Waals surface area contributed by atoms with E-state index in [0.29, 0.717) is 6.04 Å². The lowest BCUT2D eigenvalue weighted by Crippen LogP contribution is -2.13. The number of H-pyrrole nitrogens is 1. The predicted molar refractivity (Wildman–Crippen MR) is 38.7 cm³/mol. The summed E-state index contributed by atoms with van der Waals surface area (Å²) in [5.74, 6) is 0. The summed E-state index contributed by atoms with van der Waals surface area (Å²) in [5.41, 5.74) is 2.65. The highest BCUT2D eigenvalue weighted by atomic mass is 15.1. The van der Waals surface area contributed by atoms with E-state index in [9.17, 15) is 0 Å². The second-order valence-corrected chi connectivity index (χ2v) is 2.69. The monoisotopic (exact) mass is 137 g/mol. The van der Waals surface area contributed by atoms with Gasteiger partial charge in [-0.2, -0.15) is 5.10 Å². The largest absolute Gasteiger partial charge is 0.312 e. The molecule has 2 N–H and O–H groups in total. The molecule has 1 aliphatic carbocycles. The molecule has 0 radical (unpaired) electrons. The van der Waals surface area contributed by atoms with Crippen LogP contribution in [0.5, 0.6) is 0 Å². The Morgan fingerprint density at radius 2 is 2.70 bits per heavy atom. The summed E-state index contributed by atoms with van der Waals surface area (Å²) in [4.78, 5) is 0. The molecule has 2 rings (SSSR count). The highest BCUT2D eigenvalue weighted by Crippen LogP contribution is 2.27. The van der Waals surface area contributed by atoms with E-state index in [2.05, 4.69) is 15.5 Å². The van der Waals surface area contributed by atoms with Crippen LogP contribution in [0.3, 0.4) is 0 Å². The molecule has 1 aromatic heterocycles. The Morgan fingerprint density at radius 1 is 1.80 bits per heavy atom. The molecule has 54 valence electrons. The highest BCUT2D eigenvalue weighted by Gasteiger charge is 2.21. The molecule has 1 aromatic rings. The lowest BCUT2D eigenvalue weighted by Gasteiger charge is -2.05. The molecule has 0 aliphatic heterocycles. The van der Waals surface area contributed by atoms with E-state index in [0.717, 1.165) is 6.42 Å². The molecule has 0 aromatic carbocycles. The van der Waals surface area contributed by atoms with Gasteiger partial charge in [-0.1, -0.05) is 0 Å². The van der Waals surface area contributed by atoms with Gasteiger partial charge < -0.3 is 5.32 Å². The number of fused-ring (bicyclic) bond motifs is 1. The zero-order valence-electron chi connectivity index (χ0n) is 6.02. The maximum absolute atomic E-state index is 3.98. The molecule has 10 heavy (non-hydrogen) atoms. The zero-order chi connectivity index (χ0) is 6.97. The molecule has 3 nitrogen and oxygen atoms in total. The molecule has 3 heteroatoms. The van der Waals surface area contributed by atoms with Gasteiger partial charge in [0.05, 0.1) is 11.9 Å². The number of rotatable bonds is 1. The third kappa shape index (κ3) is 0.671. The van der Waals surface area contributed by atoms with Gasteiger partial charge in [0.2, 0.25) is 0 Å². The van der Waals surface area contributed by atoms with Crippen LogP contribution in [0.15, 0.2) is 6.20 Å². The first-order valence-electron chi connectivity index (χ1n) is 3.61. The van der Waals surface area contributed by atoms with Crippen LogP contribution in [0.2, 0.25) is 0 Å². The van der Waals surface area contributed by atoms with E-state index < -0.39 is 0 Å². The van der Waals surface area contributed by atoms with E-state index in [1.54, 1.807) is 0 Å². The maximum Gasteiger partial charge on any atom is 0.0553 e. The van der Waals surface area contributed by atoms with Crippen LogP contribution in [-0.2, 0) is 6.42 Å². The summed E-state index contributed by atoms with van der Waals surface area (Å²) in [6.45, 7) is 0. The second-order valence-electron chi connectivity index (χ2n) is 2.69. The fourth-order valence-corrected chi connectivity index (χ4v) is 1.55. The number of hydrogen-bond acceptors (Lipinski definition) is 2. The first-order valence-corrected chi connectivity index (χ1v) is 3.61. The van der Waals surface area contributed by atoms with E-state index in [1.165, 1.54) is 17.7 Å². The average Bonchev–Trinajstić information content (AvgIpc) is 2.44. The maximum atomic E-state index is 3.98. The van der Waals surface area contributed by atoms with Gasteiger partial charge in [0, 0.05) is 6.04 Å². The summed E-state index contributed by atoms with van der Waals surface area (Å²) in [6, 6.07) is 0.512. The molecule has 1 atom stereocenters. The predicted octanol–water partition coefficient (Wildman–Crippen LogP) is 0.616. The van der Waals surface area contributed by atoms with Crippen LogP contribution in [0.1, 0.15) is 23.7 Å². The molecule has 0 saturated heterocycles. The summed E-state index contributed by atoms with van der Waals surface area (Å²) in [7, 11) is 1.99. The third-order valence-electron chi connectivity index (χ3n) is 2.15. The van der Waals surface area contributed by atoms with Crippen LogP contribution in [0, 0.1) is 0 Å². The summed E-state index contributed by atoms with van der Waals surface area (Å²) < 4.78 is 0. The molecule has 1 aliphatic rings. The molecule has 0 bridgehead atoms. The van der Waals surface area contributed by atoms with Crippen molar-refractivity contribution in [2.75, 3.05) is 7.05 Å². The van der Waals surface area contributed by atoms with Crippen LogP contribution in [0.4, 0.5) is 0 Å². The van der Waals surface area contributed by atoms with Crippen LogP contribution >= 0.6 is 0 Å². The van der Waals surface area contributed by atoms with Crippen molar-refractivity contribution in [3.63, 3.8) is 0 Å². The quantitative estimate of drug-likeness (QED) is 0.595. The minimum absolute atomic E-state index is 0.512. The molecule has 0 saturated carbocycles. The van der Waals surface area contributed by atoms with E-state index in [1.807, 2.05) is 13.2 Å². The first-order chi connectivity index (χ1) is 4.92. The molecule has 1 heterocycles. The SMILES string of the molecule is CNC1CCc2cn[nH]c21. The number of aryl methyl sites for hydroxylation is 1. The summed E-state index contributed by atoms with van der Waals surface area (Å²) in [6.07, 6.45) is 4.30. The lowest BCUT2D eigenvalue weighted by atomic mass is 10.2.